The average molecular weight is 359 g/mol. The second kappa shape index (κ2) is 8.05. The van der Waals surface area contributed by atoms with E-state index in [2.05, 4.69) is 10.0 Å². The predicted octanol–water partition coefficient (Wildman–Crippen LogP) is 4.68. The Morgan fingerprint density at radius 1 is 1.19 bits per heavy atom. The largest absolute Gasteiger partial charge is 0.416 e. The molecule has 1 amide bonds. The van der Waals surface area contributed by atoms with Gasteiger partial charge in [0.1, 0.15) is 0 Å². The second-order valence-corrected chi connectivity index (χ2v) is 5.19. The Morgan fingerprint density at radius 3 is 2.31 bits per heavy atom. The minimum Gasteiger partial charge on any atom is -0.268 e. The van der Waals surface area contributed by atoms with Gasteiger partial charge < -0.3 is 0 Å². The molecule has 0 aliphatic carbocycles. The van der Waals surface area contributed by atoms with Crippen LogP contribution in [0.15, 0.2) is 59.7 Å². The fraction of sp³-hybridized carbons (Fsp3) is 0.176. The molecule has 0 aromatic heterocycles. The fourth-order valence-electron chi connectivity index (χ4n) is 2.32. The molecule has 1 atom stereocenters. The van der Waals surface area contributed by atoms with E-state index in [0.29, 0.717) is 5.56 Å². The molecular formula is C17H12F3N5O. The third-order valence-corrected chi connectivity index (χ3v) is 3.60. The number of nitrogens with zero attached hydrogens (tertiary/aromatic N) is 5. The highest BCUT2D eigenvalue weighted by Crippen LogP contribution is 2.30. The van der Waals surface area contributed by atoms with Crippen LogP contribution in [-0.2, 0) is 6.18 Å². The summed E-state index contributed by atoms with van der Waals surface area (Å²) in [5.74, 6) is -0.789. The van der Waals surface area contributed by atoms with Gasteiger partial charge in [-0.15, -0.1) is 0 Å². The Kier molecular flexibility index (Phi) is 5.83. The van der Waals surface area contributed by atoms with Crippen LogP contribution in [0.3, 0.4) is 0 Å². The van der Waals surface area contributed by atoms with Gasteiger partial charge in [-0.3, -0.25) is 4.79 Å². The van der Waals surface area contributed by atoms with Crippen molar-refractivity contribution in [1.82, 2.24) is 4.90 Å². The van der Waals surface area contributed by atoms with E-state index >= 15 is 0 Å². The molecule has 0 N–H and O–H groups in total. The Hall–Kier alpha value is -3.50. The first-order chi connectivity index (χ1) is 12.4. The molecule has 0 spiro atoms. The minimum absolute atomic E-state index is 0.0820. The third-order valence-electron chi connectivity index (χ3n) is 3.60. The van der Waals surface area contributed by atoms with E-state index in [9.17, 15) is 23.2 Å². The lowest BCUT2D eigenvalue weighted by molar-refractivity contribution is -0.137. The molecule has 26 heavy (non-hydrogen) atoms. The van der Waals surface area contributed by atoms with Crippen molar-refractivity contribution < 1.29 is 18.0 Å². The smallest absolute Gasteiger partial charge is 0.268 e. The van der Waals surface area contributed by atoms with Crippen molar-refractivity contribution in [2.75, 3.05) is 6.54 Å². The first-order valence-electron chi connectivity index (χ1n) is 7.35. The highest BCUT2D eigenvalue weighted by molar-refractivity contribution is 5.95. The molecule has 0 saturated carbocycles. The number of alkyl halides is 3. The number of hydrogen-bond acceptors (Lipinski definition) is 3. The second-order valence-electron chi connectivity index (χ2n) is 5.19. The van der Waals surface area contributed by atoms with Crippen LogP contribution in [0.2, 0.25) is 0 Å². The molecule has 132 valence electrons. The van der Waals surface area contributed by atoms with E-state index in [1.54, 1.807) is 36.5 Å². The van der Waals surface area contributed by atoms with Gasteiger partial charge in [-0.1, -0.05) is 35.4 Å². The molecular weight excluding hydrogens is 347 g/mol. The zero-order valence-electron chi connectivity index (χ0n) is 13.3. The van der Waals surface area contributed by atoms with Crippen LogP contribution >= 0.6 is 0 Å². The van der Waals surface area contributed by atoms with Gasteiger partial charge in [-0.25, -0.2) is 4.90 Å². The van der Waals surface area contributed by atoms with E-state index < -0.39 is 23.7 Å². The lowest BCUT2D eigenvalue weighted by Crippen LogP contribution is -2.32. The van der Waals surface area contributed by atoms with Crippen LogP contribution in [-0.4, -0.2) is 17.4 Å². The van der Waals surface area contributed by atoms with Crippen molar-refractivity contribution in [2.24, 2.45) is 5.11 Å². The van der Waals surface area contributed by atoms with Gasteiger partial charge in [0.2, 0.25) is 0 Å². The summed E-state index contributed by atoms with van der Waals surface area (Å²) in [6.45, 7) is -0.194. The van der Waals surface area contributed by atoms with Crippen LogP contribution in [0.1, 0.15) is 27.5 Å². The van der Waals surface area contributed by atoms with Gasteiger partial charge in [0.05, 0.1) is 18.2 Å². The van der Waals surface area contributed by atoms with E-state index in [4.69, 9.17) is 5.53 Å². The predicted molar refractivity (Wildman–Crippen MR) is 86.4 cm³/mol. The maximum Gasteiger partial charge on any atom is 0.416 e. The van der Waals surface area contributed by atoms with E-state index in [0.717, 1.165) is 29.2 Å². The van der Waals surface area contributed by atoms with Crippen molar-refractivity contribution in [3.8, 4) is 6.19 Å². The Bertz CT molecular complexity index is 853. The molecule has 0 aliphatic rings. The van der Waals surface area contributed by atoms with Crippen LogP contribution in [0.5, 0.6) is 0 Å². The monoisotopic (exact) mass is 359 g/mol. The zero-order chi connectivity index (χ0) is 19.2. The van der Waals surface area contributed by atoms with Crippen LogP contribution < -0.4 is 0 Å². The molecule has 0 unspecified atom stereocenters. The summed E-state index contributed by atoms with van der Waals surface area (Å²) in [5.41, 5.74) is 8.12. The van der Waals surface area contributed by atoms with Gasteiger partial charge in [0.25, 0.3) is 5.91 Å². The van der Waals surface area contributed by atoms with E-state index in [-0.39, 0.29) is 12.1 Å². The SMILES string of the molecule is N#CN(C(=O)c1ccc(C(F)(F)F)cc1)[C@@H](CN=[N+]=[N-])c1ccccc1. The van der Waals surface area contributed by atoms with Gasteiger partial charge in [0, 0.05) is 10.5 Å². The summed E-state index contributed by atoms with van der Waals surface area (Å²) < 4.78 is 37.9. The maximum atomic E-state index is 12.6. The molecule has 0 radical (unpaired) electrons. The molecule has 0 bridgehead atoms. The van der Waals surface area contributed by atoms with Crippen molar-refractivity contribution in [3.63, 3.8) is 0 Å². The number of amides is 1. The molecule has 0 saturated heterocycles. The maximum absolute atomic E-state index is 12.6. The lowest BCUT2D eigenvalue weighted by atomic mass is 10.0. The van der Waals surface area contributed by atoms with E-state index in [1.807, 2.05) is 0 Å². The summed E-state index contributed by atoms with van der Waals surface area (Å²) in [6, 6.07) is 11.1. The number of azide groups is 1. The van der Waals surface area contributed by atoms with Crippen molar-refractivity contribution >= 4 is 5.91 Å². The number of rotatable bonds is 5. The normalized spacial score (nSPS) is 11.8. The first-order valence-corrected chi connectivity index (χ1v) is 7.35. The summed E-state index contributed by atoms with van der Waals surface area (Å²) >= 11 is 0. The number of halogens is 3. The van der Waals surface area contributed by atoms with Gasteiger partial charge in [-0.2, -0.15) is 18.4 Å². The topological polar surface area (TPSA) is 92.9 Å². The Balaban J connectivity index is 2.36. The lowest BCUT2D eigenvalue weighted by Gasteiger charge is -2.24. The van der Waals surface area contributed by atoms with Crippen molar-refractivity contribution in [1.29, 1.82) is 5.26 Å². The summed E-state index contributed by atoms with van der Waals surface area (Å²) in [7, 11) is 0. The van der Waals surface area contributed by atoms with Crippen LogP contribution in [0.25, 0.3) is 10.4 Å². The number of nitriles is 1. The minimum atomic E-state index is -4.52. The van der Waals surface area contributed by atoms with Gasteiger partial charge in [0.15, 0.2) is 6.19 Å². The molecule has 2 aromatic carbocycles. The fourth-order valence-corrected chi connectivity index (χ4v) is 2.32. The number of carbonyl (C=O) groups is 1. The quantitative estimate of drug-likeness (QED) is 0.255. The van der Waals surface area contributed by atoms with Crippen molar-refractivity contribution in [3.05, 3.63) is 81.7 Å². The van der Waals surface area contributed by atoms with Crippen LogP contribution in [0.4, 0.5) is 13.2 Å². The number of hydrogen-bond donors (Lipinski definition) is 0. The molecule has 0 aliphatic heterocycles. The van der Waals surface area contributed by atoms with Crippen LogP contribution in [0, 0.1) is 11.5 Å². The average Bonchev–Trinajstić information content (AvgIpc) is 2.65. The molecule has 6 nitrogen and oxygen atoms in total. The molecule has 0 fully saturated rings. The van der Waals surface area contributed by atoms with Crippen molar-refractivity contribution in [2.45, 2.75) is 12.2 Å². The Morgan fingerprint density at radius 2 is 1.81 bits per heavy atom. The molecule has 2 rings (SSSR count). The van der Waals surface area contributed by atoms with E-state index in [1.165, 1.54) is 0 Å². The molecule has 9 heteroatoms. The zero-order valence-corrected chi connectivity index (χ0v) is 13.3. The summed E-state index contributed by atoms with van der Waals surface area (Å²) in [5, 5.41) is 12.8. The number of benzene rings is 2. The third kappa shape index (κ3) is 4.32. The first kappa shape index (κ1) is 18.8. The highest BCUT2D eigenvalue weighted by atomic mass is 19.4. The number of carbonyl (C=O) groups excluding carboxylic acids is 1. The van der Waals surface area contributed by atoms with Gasteiger partial charge >= 0.3 is 6.18 Å². The van der Waals surface area contributed by atoms with Gasteiger partial charge in [-0.05, 0) is 35.4 Å². The highest BCUT2D eigenvalue weighted by Gasteiger charge is 2.31. The summed E-state index contributed by atoms with van der Waals surface area (Å²) in [6.07, 6.45) is -2.79. The molecule has 2 aromatic rings. The summed E-state index contributed by atoms with van der Waals surface area (Å²) in [4.78, 5) is 16.0. The Labute approximate surface area is 146 Å². The standard InChI is InChI=1S/C17H12F3N5O/c18-17(19,20)14-8-6-13(7-9-14)16(26)25(11-21)15(10-23-24-22)12-4-2-1-3-5-12/h1-9,15H,10H2/t15-/m0/s1. The molecule has 0 heterocycles.